The lowest BCUT2D eigenvalue weighted by atomic mass is 10.6. The molecule has 0 aromatic carbocycles. The quantitative estimate of drug-likeness (QED) is 0.308. The predicted octanol–water partition coefficient (Wildman–Crippen LogP) is 0.0769. The Labute approximate surface area is 53.9 Å². The molecule has 0 fully saturated rings. The van der Waals surface area contributed by atoms with Gasteiger partial charge in [-0.1, -0.05) is 19.2 Å². The van der Waals surface area contributed by atoms with Crippen LogP contribution in [0.2, 0.25) is 0 Å². The third-order valence-electron chi connectivity index (χ3n) is 0.510. The summed E-state index contributed by atoms with van der Waals surface area (Å²) in [5.74, 6) is -0.412. The molecule has 0 bridgehead atoms. The molecule has 52 valence electrons. The Morgan fingerprint density at radius 1 is 1.56 bits per heavy atom. The topological polar surface area (TPSA) is 57.8 Å². The van der Waals surface area contributed by atoms with Crippen molar-refractivity contribution in [3.63, 3.8) is 0 Å². The molecule has 0 aliphatic carbocycles. The molecule has 0 spiro atoms. The average Bonchev–Trinajstić information content (AvgIpc) is 1.83. The van der Waals surface area contributed by atoms with E-state index in [2.05, 4.69) is 17.9 Å². The second-order valence-electron chi connectivity index (χ2n) is 1.12. The number of hydrogen-bond acceptors (Lipinski definition) is 2. The van der Waals surface area contributed by atoms with Crippen LogP contribution in [0.3, 0.4) is 0 Å². The van der Waals surface area contributed by atoms with Crippen molar-refractivity contribution in [3.8, 4) is 0 Å². The van der Waals surface area contributed by atoms with Gasteiger partial charge < -0.3 is 10.2 Å². The van der Waals surface area contributed by atoms with Crippen molar-refractivity contribution in [2.45, 2.75) is 0 Å². The lowest BCUT2D eigenvalue weighted by Gasteiger charge is -1.92. The van der Waals surface area contributed by atoms with E-state index in [4.69, 9.17) is 0 Å². The summed E-state index contributed by atoms with van der Waals surface area (Å²) in [6, 6.07) is 0. The number of carbonyl (C=O) groups is 1. The molecule has 0 rings (SSSR count). The largest absolute Gasteiger partial charge is 0.458 e. The van der Waals surface area contributed by atoms with E-state index in [1.807, 2.05) is 0 Å². The minimum Gasteiger partial charge on any atom is -0.458 e. The monoisotopic (exact) mass is 130 g/mol. The summed E-state index contributed by atoms with van der Waals surface area (Å²) in [7, 11) is 0. The third kappa shape index (κ3) is 6.91. The Morgan fingerprint density at radius 3 is 2.44 bits per heavy atom. The zero-order valence-electron chi connectivity index (χ0n) is 5.09. The van der Waals surface area contributed by atoms with E-state index in [1.165, 1.54) is 6.08 Å². The summed E-state index contributed by atoms with van der Waals surface area (Å²) in [4.78, 5) is 10.2. The van der Waals surface area contributed by atoms with E-state index >= 15 is 0 Å². The van der Waals surface area contributed by atoms with E-state index in [1.54, 1.807) is 0 Å². The number of rotatable bonds is 3. The highest BCUT2D eigenvalue weighted by molar-refractivity contribution is 5.81. The Balaban J connectivity index is 0. The average molecular weight is 130 g/mol. The van der Waals surface area contributed by atoms with Crippen molar-refractivity contribution in [2.75, 3.05) is 6.61 Å². The standard InChI is InChI=1S/C6H8O2.H2O/c1-3-5-8-6(7)4-2;/h3-4H,1-2,5H2;1H2. The van der Waals surface area contributed by atoms with Crippen LogP contribution in [-0.2, 0) is 9.53 Å². The van der Waals surface area contributed by atoms with Gasteiger partial charge in [0.1, 0.15) is 6.61 Å². The molecule has 9 heavy (non-hydrogen) atoms. The summed E-state index contributed by atoms with van der Waals surface area (Å²) in [6.45, 7) is 6.81. The van der Waals surface area contributed by atoms with Crippen molar-refractivity contribution in [1.82, 2.24) is 0 Å². The molecule has 0 aromatic heterocycles. The molecule has 0 heterocycles. The van der Waals surface area contributed by atoms with Gasteiger partial charge in [0.05, 0.1) is 0 Å². The third-order valence-corrected chi connectivity index (χ3v) is 0.510. The molecule has 0 atom stereocenters. The molecule has 0 saturated carbocycles. The number of ether oxygens (including phenoxy) is 1. The van der Waals surface area contributed by atoms with Crippen LogP contribution >= 0.6 is 0 Å². The van der Waals surface area contributed by atoms with E-state index in [0.717, 1.165) is 6.08 Å². The molecule has 0 amide bonds. The molecular weight excluding hydrogens is 120 g/mol. The number of esters is 1. The first-order valence-corrected chi connectivity index (χ1v) is 2.21. The number of hydrogen-bond donors (Lipinski definition) is 0. The second-order valence-corrected chi connectivity index (χ2v) is 1.12. The van der Waals surface area contributed by atoms with Gasteiger partial charge in [-0.2, -0.15) is 0 Å². The van der Waals surface area contributed by atoms with Gasteiger partial charge in [-0.05, 0) is 0 Å². The van der Waals surface area contributed by atoms with E-state index in [9.17, 15) is 4.79 Å². The van der Waals surface area contributed by atoms with Crippen molar-refractivity contribution < 1.29 is 15.0 Å². The van der Waals surface area contributed by atoms with E-state index in [-0.39, 0.29) is 12.1 Å². The van der Waals surface area contributed by atoms with Gasteiger partial charge in [0.15, 0.2) is 0 Å². The fraction of sp³-hybridized carbons (Fsp3) is 0.167. The summed E-state index contributed by atoms with van der Waals surface area (Å²) in [6.07, 6.45) is 2.62. The highest BCUT2D eigenvalue weighted by Gasteiger charge is 1.87. The predicted molar refractivity (Wildman–Crippen MR) is 35.0 cm³/mol. The van der Waals surface area contributed by atoms with Gasteiger partial charge >= 0.3 is 5.97 Å². The van der Waals surface area contributed by atoms with Crippen LogP contribution in [0, 0.1) is 0 Å². The van der Waals surface area contributed by atoms with Crippen LogP contribution in [0.25, 0.3) is 0 Å². The van der Waals surface area contributed by atoms with Crippen LogP contribution in [0.1, 0.15) is 0 Å². The zero-order chi connectivity index (χ0) is 6.41. The molecule has 3 heteroatoms. The van der Waals surface area contributed by atoms with Gasteiger partial charge in [0, 0.05) is 6.08 Å². The van der Waals surface area contributed by atoms with E-state index < -0.39 is 5.97 Å². The van der Waals surface area contributed by atoms with Crippen LogP contribution in [0.15, 0.2) is 25.3 Å². The fourth-order valence-corrected chi connectivity index (χ4v) is 0.200. The first kappa shape index (κ1) is 10.8. The Hall–Kier alpha value is -1.09. The second kappa shape index (κ2) is 6.91. The lowest BCUT2D eigenvalue weighted by molar-refractivity contribution is -0.136. The maximum Gasteiger partial charge on any atom is 0.330 e. The zero-order valence-corrected chi connectivity index (χ0v) is 5.09. The van der Waals surface area contributed by atoms with Gasteiger partial charge in [0.2, 0.25) is 0 Å². The van der Waals surface area contributed by atoms with Gasteiger partial charge in [0.25, 0.3) is 0 Å². The molecule has 2 N–H and O–H groups in total. The Kier molecular flexibility index (Phi) is 8.30. The summed E-state index contributed by atoms with van der Waals surface area (Å²) < 4.78 is 4.47. The molecule has 3 nitrogen and oxygen atoms in total. The first-order chi connectivity index (χ1) is 3.81. The normalized spacial score (nSPS) is 6.67. The van der Waals surface area contributed by atoms with Crippen LogP contribution in [-0.4, -0.2) is 18.1 Å². The molecule has 0 aliphatic rings. The van der Waals surface area contributed by atoms with Gasteiger partial charge in [-0.3, -0.25) is 0 Å². The van der Waals surface area contributed by atoms with Crippen LogP contribution in [0.4, 0.5) is 0 Å². The maximum absolute atomic E-state index is 10.2. The van der Waals surface area contributed by atoms with E-state index in [0.29, 0.717) is 0 Å². The molecular formula is C6H10O3. The summed E-state index contributed by atoms with van der Waals surface area (Å²) in [5.41, 5.74) is 0. The molecule has 0 unspecified atom stereocenters. The van der Waals surface area contributed by atoms with Crippen LogP contribution in [0.5, 0.6) is 0 Å². The van der Waals surface area contributed by atoms with Gasteiger partial charge in [-0.25, -0.2) is 4.79 Å². The Morgan fingerprint density at radius 2 is 2.11 bits per heavy atom. The van der Waals surface area contributed by atoms with Crippen molar-refractivity contribution >= 4 is 5.97 Å². The highest BCUT2D eigenvalue weighted by Crippen LogP contribution is 1.77. The fourth-order valence-electron chi connectivity index (χ4n) is 0.200. The highest BCUT2D eigenvalue weighted by atomic mass is 16.5. The van der Waals surface area contributed by atoms with Crippen molar-refractivity contribution in [3.05, 3.63) is 25.3 Å². The number of carbonyl (C=O) groups excluding carboxylic acids is 1. The Bertz CT molecular complexity index is 107. The molecule has 0 aromatic rings. The molecule has 0 aliphatic heterocycles. The minimum absolute atomic E-state index is 0. The van der Waals surface area contributed by atoms with Gasteiger partial charge in [-0.15, -0.1) is 0 Å². The molecule has 0 saturated heterocycles. The van der Waals surface area contributed by atoms with Crippen molar-refractivity contribution in [1.29, 1.82) is 0 Å². The lowest BCUT2D eigenvalue weighted by Crippen LogP contribution is -1.98. The summed E-state index contributed by atoms with van der Waals surface area (Å²) in [5, 5.41) is 0. The SMILES string of the molecule is C=CCOC(=O)C=C.O. The van der Waals surface area contributed by atoms with Crippen molar-refractivity contribution in [2.24, 2.45) is 0 Å². The molecule has 0 radical (unpaired) electrons. The first-order valence-electron chi connectivity index (χ1n) is 2.21. The smallest absolute Gasteiger partial charge is 0.330 e. The maximum atomic E-state index is 10.2. The minimum atomic E-state index is -0.412. The van der Waals surface area contributed by atoms with Crippen LogP contribution < -0.4 is 0 Å². The summed E-state index contributed by atoms with van der Waals surface area (Å²) >= 11 is 0.